The van der Waals surface area contributed by atoms with E-state index in [1.807, 2.05) is 7.39 Å². The van der Waals surface area contributed by atoms with Crippen LogP contribution < -0.4 is 7.39 Å². The van der Waals surface area contributed by atoms with Gasteiger partial charge in [0.25, 0.3) is 0 Å². The predicted octanol–water partition coefficient (Wildman–Crippen LogP) is 7.14. The quantitative estimate of drug-likeness (QED) is 0.266. The van der Waals surface area contributed by atoms with E-state index in [-0.39, 0.29) is 0 Å². The van der Waals surface area contributed by atoms with Crippen LogP contribution in [0.15, 0.2) is 12.1 Å². The minimum absolute atomic E-state index is 1.07. The maximum atomic E-state index is 2.65. The van der Waals surface area contributed by atoms with Gasteiger partial charge in [-0.3, -0.25) is 0 Å². The van der Waals surface area contributed by atoms with Crippen LogP contribution in [0.3, 0.4) is 0 Å². The number of hydrogen-bond acceptors (Lipinski definition) is 1. The molecule has 0 atom stereocenters. The molecule has 4 heteroatoms. The summed E-state index contributed by atoms with van der Waals surface area (Å²) in [7, 11) is -2.32. The second-order valence-electron chi connectivity index (χ2n) is 9.63. The zero-order chi connectivity index (χ0) is 19.1. The standard InChI is InChI=1S/C9H17SSi2.3C4H9.Sn/c1-11(2,3)12(4,5)9-7-6-8-10-9;3*1-3-4-2;/h6-7H,1-5H3;3*1,3-4H2,2H3;. The van der Waals surface area contributed by atoms with Crippen molar-refractivity contribution in [3.05, 3.63) is 12.1 Å². The van der Waals surface area contributed by atoms with E-state index in [1.54, 1.807) is 13.3 Å². The molecule has 0 radical (unpaired) electrons. The zero-order valence-electron chi connectivity index (χ0n) is 18.4. The van der Waals surface area contributed by atoms with Crippen molar-refractivity contribution in [2.24, 2.45) is 0 Å². The topological polar surface area (TPSA) is 0 Å². The molecule has 0 amide bonds. The summed E-state index contributed by atoms with van der Waals surface area (Å²) < 4.78 is 8.60. The van der Waals surface area contributed by atoms with Gasteiger partial charge in [0, 0.05) is 0 Å². The fourth-order valence-corrected chi connectivity index (χ4v) is 32.7. The fraction of sp³-hybridized carbons (Fsp3) is 0.810. The van der Waals surface area contributed by atoms with Crippen LogP contribution in [0.2, 0.25) is 46.0 Å². The van der Waals surface area contributed by atoms with E-state index in [0.717, 1.165) is 0 Å². The summed E-state index contributed by atoms with van der Waals surface area (Å²) in [5.74, 6) is 0. The second-order valence-corrected chi connectivity index (χ2v) is 41.8. The molecule has 0 aromatic carbocycles. The molecule has 146 valence electrons. The first-order chi connectivity index (χ1) is 11.6. The van der Waals surface area contributed by atoms with Crippen LogP contribution in [0.4, 0.5) is 0 Å². The zero-order valence-corrected chi connectivity index (χ0v) is 24.1. The Morgan fingerprint density at radius 3 is 1.56 bits per heavy atom. The fourth-order valence-electron chi connectivity index (χ4n) is 3.62. The molecule has 0 N–H and O–H groups in total. The molecule has 0 saturated heterocycles. The average molecular weight is 504 g/mol. The van der Waals surface area contributed by atoms with Crippen molar-refractivity contribution in [3.63, 3.8) is 0 Å². The van der Waals surface area contributed by atoms with Crippen molar-refractivity contribution < 1.29 is 0 Å². The molecule has 1 aromatic heterocycles. The Hall–Kier alpha value is 0.932. The van der Waals surface area contributed by atoms with E-state index in [0.29, 0.717) is 0 Å². The monoisotopic (exact) mass is 504 g/mol. The van der Waals surface area contributed by atoms with E-state index in [4.69, 9.17) is 0 Å². The Morgan fingerprint density at radius 2 is 1.20 bits per heavy atom. The van der Waals surface area contributed by atoms with E-state index in [1.165, 1.54) is 38.5 Å². The van der Waals surface area contributed by atoms with Crippen LogP contribution in [0.1, 0.15) is 59.3 Å². The Balaban J connectivity index is 3.24. The molecule has 0 saturated carbocycles. The summed E-state index contributed by atoms with van der Waals surface area (Å²) in [5.41, 5.74) is 0. The van der Waals surface area contributed by atoms with E-state index < -0.39 is 33.6 Å². The molecule has 1 heterocycles. The Kier molecular flexibility index (Phi) is 10.0. The molecule has 0 spiro atoms. The van der Waals surface area contributed by atoms with Crippen LogP contribution in [0, 0.1) is 0 Å². The normalized spacial score (nSPS) is 13.4. The van der Waals surface area contributed by atoms with Crippen LogP contribution in [-0.4, -0.2) is 33.6 Å². The van der Waals surface area contributed by atoms with Crippen LogP contribution >= 0.6 is 11.3 Å². The number of unbranched alkanes of at least 4 members (excludes halogenated alkanes) is 3. The summed E-state index contributed by atoms with van der Waals surface area (Å²) in [6, 6.07) is 5.24. The summed E-state index contributed by atoms with van der Waals surface area (Å²) >= 11 is 0.117. The van der Waals surface area contributed by atoms with Gasteiger partial charge in [-0.15, -0.1) is 0 Å². The molecule has 0 bridgehead atoms. The molecule has 0 aliphatic rings. The van der Waals surface area contributed by atoms with Gasteiger partial charge in [-0.25, -0.2) is 0 Å². The third-order valence-corrected chi connectivity index (χ3v) is 45.4. The van der Waals surface area contributed by atoms with Gasteiger partial charge in [0.05, 0.1) is 0 Å². The summed E-state index contributed by atoms with van der Waals surface area (Å²) in [6.45, 7) is 20.2. The van der Waals surface area contributed by atoms with Gasteiger partial charge < -0.3 is 0 Å². The van der Waals surface area contributed by atoms with E-state index in [2.05, 4.69) is 77.0 Å². The maximum absolute atomic E-state index is 2.65. The molecule has 1 rings (SSSR count). The first kappa shape index (κ1) is 24.0. The van der Waals surface area contributed by atoms with Crippen molar-refractivity contribution in [2.75, 3.05) is 0 Å². The van der Waals surface area contributed by atoms with Crippen molar-refractivity contribution in [1.82, 2.24) is 0 Å². The Bertz CT molecular complexity index is 480. The molecular formula is C21H44SSi2Sn. The molecular weight excluding hydrogens is 459 g/mol. The predicted molar refractivity (Wildman–Crippen MR) is 129 cm³/mol. The second kappa shape index (κ2) is 10.5. The minimum atomic E-state index is -2.20. The molecule has 0 nitrogen and oxygen atoms in total. The van der Waals surface area contributed by atoms with Gasteiger partial charge in [-0.1, -0.05) is 0 Å². The van der Waals surface area contributed by atoms with Crippen molar-refractivity contribution in [3.8, 4) is 0 Å². The van der Waals surface area contributed by atoms with Crippen LogP contribution in [0.5, 0.6) is 0 Å². The number of hydrogen-bond donors (Lipinski definition) is 0. The number of thiophene rings is 1. The van der Waals surface area contributed by atoms with Crippen molar-refractivity contribution in [1.29, 1.82) is 0 Å². The molecule has 25 heavy (non-hydrogen) atoms. The molecule has 1 aromatic rings. The Labute approximate surface area is 168 Å². The number of rotatable bonds is 12. The van der Waals surface area contributed by atoms with Gasteiger partial charge in [-0.2, -0.15) is 0 Å². The van der Waals surface area contributed by atoms with Crippen LogP contribution in [0.25, 0.3) is 0 Å². The molecule has 0 aliphatic heterocycles. The average Bonchev–Trinajstić information content (AvgIpc) is 3.05. The Morgan fingerprint density at radius 1 is 0.760 bits per heavy atom. The summed E-state index contributed by atoms with van der Waals surface area (Å²) in [6.07, 6.45) is 8.57. The van der Waals surface area contributed by atoms with Gasteiger partial charge >= 0.3 is 170 Å². The third kappa shape index (κ3) is 6.21. The molecule has 0 unspecified atom stereocenters. The van der Waals surface area contributed by atoms with Crippen LogP contribution in [-0.2, 0) is 0 Å². The molecule has 0 aliphatic carbocycles. The van der Waals surface area contributed by atoms with Gasteiger partial charge in [0.15, 0.2) is 0 Å². The van der Waals surface area contributed by atoms with Crippen molar-refractivity contribution >= 4 is 52.3 Å². The molecule has 0 fully saturated rings. The summed E-state index contributed by atoms with van der Waals surface area (Å²) in [4.78, 5) is 0. The van der Waals surface area contributed by atoms with E-state index >= 15 is 0 Å². The van der Waals surface area contributed by atoms with Gasteiger partial charge in [0.2, 0.25) is 0 Å². The first-order valence-corrected chi connectivity index (χ1v) is 26.5. The van der Waals surface area contributed by atoms with Gasteiger partial charge in [0.1, 0.15) is 0 Å². The third-order valence-electron chi connectivity index (χ3n) is 6.65. The van der Waals surface area contributed by atoms with Crippen molar-refractivity contribution in [2.45, 2.75) is 105 Å². The summed E-state index contributed by atoms with van der Waals surface area (Å²) in [5, 5.41) is 0. The SMILES string of the molecule is CCC[CH2][Sn]([CH2]CCC)([CH2]CCC)[c]1ccc([Si](C)(C)[Si](C)(C)C)s1. The van der Waals surface area contributed by atoms with E-state index in [9.17, 15) is 0 Å². The first-order valence-electron chi connectivity index (χ1n) is 10.8. The van der Waals surface area contributed by atoms with Gasteiger partial charge in [-0.05, 0) is 0 Å².